The van der Waals surface area contributed by atoms with Crippen LogP contribution in [-0.2, 0) is 0 Å². The normalized spacial score (nSPS) is 16.2. The maximum absolute atomic E-state index is 4.72. The standard InChI is InChI=1S/C20H24N8/c1-27-8-5-14(6-9-27)4-7-21-20-22-12-18-19(25-20)28(13-23-18)16-2-3-17-15(10-16)11-24-26-17/h2-3,10-14H,4-9H2,1H3,(H,24,26)(H,21,22,25). The molecule has 4 heterocycles. The van der Waals surface area contributed by atoms with Crippen molar-refractivity contribution in [3.8, 4) is 5.69 Å². The van der Waals surface area contributed by atoms with Crippen molar-refractivity contribution in [3.63, 3.8) is 0 Å². The largest absolute Gasteiger partial charge is 0.354 e. The number of fused-ring (bicyclic) bond motifs is 2. The smallest absolute Gasteiger partial charge is 0.224 e. The lowest BCUT2D eigenvalue weighted by Crippen LogP contribution is -2.30. The Labute approximate surface area is 163 Å². The summed E-state index contributed by atoms with van der Waals surface area (Å²) in [5, 5.41) is 11.5. The number of likely N-dealkylation sites (tertiary alicyclic amines) is 1. The van der Waals surface area contributed by atoms with E-state index in [2.05, 4.69) is 43.5 Å². The maximum Gasteiger partial charge on any atom is 0.224 e. The summed E-state index contributed by atoms with van der Waals surface area (Å²) in [4.78, 5) is 16.0. The second-order valence-electron chi connectivity index (χ2n) is 7.62. The van der Waals surface area contributed by atoms with Gasteiger partial charge in [-0.05, 0) is 63.5 Å². The van der Waals surface area contributed by atoms with Crippen molar-refractivity contribution in [2.45, 2.75) is 19.3 Å². The van der Waals surface area contributed by atoms with E-state index in [0.29, 0.717) is 5.95 Å². The van der Waals surface area contributed by atoms with E-state index in [1.807, 2.05) is 22.9 Å². The summed E-state index contributed by atoms with van der Waals surface area (Å²) < 4.78 is 1.99. The number of imidazole rings is 1. The van der Waals surface area contributed by atoms with Crippen LogP contribution in [0.1, 0.15) is 19.3 Å². The average Bonchev–Trinajstić information content (AvgIpc) is 3.35. The van der Waals surface area contributed by atoms with Gasteiger partial charge in [-0.15, -0.1) is 0 Å². The summed E-state index contributed by atoms with van der Waals surface area (Å²) in [5.74, 6) is 1.45. The van der Waals surface area contributed by atoms with Gasteiger partial charge in [-0.2, -0.15) is 10.1 Å². The Morgan fingerprint density at radius 3 is 2.96 bits per heavy atom. The van der Waals surface area contributed by atoms with Gasteiger partial charge in [0.25, 0.3) is 0 Å². The molecule has 3 aromatic heterocycles. The van der Waals surface area contributed by atoms with Crippen LogP contribution in [0, 0.1) is 5.92 Å². The number of hydrogen-bond donors (Lipinski definition) is 2. The zero-order chi connectivity index (χ0) is 18.9. The van der Waals surface area contributed by atoms with Crippen LogP contribution < -0.4 is 5.32 Å². The molecular weight excluding hydrogens is 352 g/mol. The SMILES string of the molecule is CN1CCC(CCNc2ncc3ncn(-c4ccc5[nH]ncc5c4)c3n2)CC1. The summed E-state index contributed by atoms with van der Waals surface area (Å²) in [6, 6.07) is 6.14. The fourth-order valence-corrected chi connectivity index (χ4v) is 3.90. The molecule has 1 fully saturated rings. The molecule has 0 atom stereocenters. The Morgan fingerprint density at radius 1 is 1.18 bits per heavy atom. The quantitative estimate of drug-likeness (QED) is 0.557. The van der Waals surface area contributed by atoms with Gasteiger partial charge in [-0.1, -0.05) is 0 Å². The molecule has 0 spiro atoms. The first kappa shape index (κ1) is 17.1. The van der Waals surface area contributed by atoms with E-state index in [9.17, 15) is 0 Å². The molecule has 0 amide bonds. The fraction of sp³-hybridized carbons (Fsp3) is 0.400. The van der Waals surface area contributed by atoms with Crippen molar-refractivity contribution in [3.05, 3.63) is 36.9 Å². The number of hydrogen-bond acceptors (Lipinski definition) is 6. The van der Waals surface area contributed by atoms with Crippen LogP contribution in [0.5, 0.6) is 0 Å². The molecule has 1 aromatic carbocycles. The zero-order valence-corrected chi connectivity index (χ0v) is 16.0. The van der Waals surface area contributed by atoms with Crippen LogP contribution in [0.25, 0.3) is 27.8 Å². The molecule has 0 saturated carbocycles. The molecule has 28 heavy (non-hydrogen) atoms. The summed E-state index contributed by atoms with van der Waals surface area (Å²) in [6.45, 7) is 3.30. The number of aromatic amines is 1. The second-order valence-corrected chi connectivity index (χ2v) is 7.62. The summed E-state index contributed by atoms with van der Waals surface area (Å²) in [7, 11) is 2.20. The third-order valence-corrected chi connectivity index (χ3v) is 5.67. The third kappa shape index (κ3) is 3.31. The van der Waals surface area contributed by atoms with Crippen LogP contribution in [0.2, 0.25) is 0 Å². The number of anilines is 1. The van der Waals surface area contributed by atoms with E-state index in [4.69, 9.17) is 4.98 Å². The van der Waals surface area contributed by atoms with Crippen LogP contribution >= 0.6 is 0 Å². The monoisotopic (exact) mass is 376 g/mol. The van der Waals surface area contributed by atoms with E-state index >= 15 is 0 Å². The minimum atomic E-state index is 0.659. The molecule has 0 unspecified atom stereocenters. The maximum atomic E-state index is 4.72. The minimum absolute atomic E-state index is 0.659. The van der Waals surface area contributed by atoms with Crippen molar-refractivity contribution in [2.75, 3.05) is 32.0 Å². The molecule has 0 aliphatic carbocycles. The van der Waals surface area contributed by atoms with Gasteiger partial charge in [0.2, 0.25) is 5.95 Å². The number of nitrogens with zero attached hydrogens (tertiary/aromatic N) is 6. The van der Waals surface area contributed by atoms with Crippen molar-refractivity contribution in [1.82, 2.24) is 34.6 Å². The average molecular weight is 376 g/mol. The molecule has 4 aromatic rings. The van der Waals surface area contributed by atoms with Crippen LogP contribution in [0.3, 0.4) is 0 Å². The summed E-state index contributed by atoms with van der Waals surface area (Å²) in [5.41, 5.74) is 3.61. The Hall–Kier alpha value is -3.00. The molecule has 1 saturated heterocycles. The van der Waals surface area contributed by atoms with E-state index < -0.39 is 0 Å². The third-order valence-electron chi connectivity index (χ3n) is 5.67. The van der Waals surface area contributed by atoms with E-state index in [1.54, 1.807) is 12.5 Å². The van der Waals surface area contributed by atoms with Crippen molar-refractivity contribution in [2.24, 2.45) is 5.92 Å². The molecule has 8 nitrogen and oxygen atoms in total. The molecule has 0 bridgehead atoms. The second kappa shape index (κ2) is 7.20. The van der Waals surface area contributed by atoms with Crippen molar-refractivity contribution >= 4 is 28.0 Å². The van der Waals surface area contributed by atoms with Gasteiger partial charge in [0.15, 0.2) is 5.65 Å². The summed E-state index contributed by atoms with van der Waals surface area (Å²) in [6.07, 6.45) is 9.12. The highest BCUT2D eigenvalue weighted by Gasteiger charge is 2.16. The number of H-pyrrole nitrogens is 1. The first-order valence-electron chi connectivity index (χ1n) is 9.82. The highest BCUT2D eigenvalue weighted by Crippen LogP contribution is 2.22. The van der Waals surface area contributed by atoms with Crippen LogP contribution in [0.4, 0.5) is 5.95 Å². The number of rotatable bonds is 5. The Bertz CT molecular complexity index is 1090. The molecule has 0 radical (unpaired) electrons. The fourth-order valence-electron chi connectivity index (χ4n) is 3.90. The number of benzene rings is 1. The molecule has 2 N–H and O–H groups in total. The minimum Gasteiger partial charge on any atom is -0.354 e. The Balaban J connectivity index is 1.33. The first-order chi connectivity index (χ1) is 13.8. The molecule has 144 valence electrons. The summed E-state index contributed by atoms with van der Waals surface area (Å²) >= 11 is 0. The highest BCUT2D eigenvalue weighted by atomic mass is 15.2. The van der Waals surface area contributed by atoms with E-state index in [-0.39, 0.29) is 0 Å². The topological polar surface area (TPSA) is 87.5 Å². The molecule has 1 aliphatic heterocycles. The van der Waals surface area contributed by atoms with Gasteiger partial charge in [-0.25, -0.2) is 9.97 Å². The number of nitrogens with one attached hydrogen (secondary N) is 2. The van der Waals surface area contributed by atoms with E-state index in [1.165, 1.54) is 25.9 Å². The van der Waals surface area contributed by atoms with Gasteiger partial charge < -0.3 is 10.2 Å². The van der Waals surface area contributed by atoms with Gasteiger partial charge >= 0.3 is 0 Å². The van der Waals surface area contributed by atoms with Gasteiger partial charge in [0.1, 0.15) is 11.8 Å². The van der Waals surface area contributed by atoms with Gasteiger partial charge in [0, 0.05) is 17.6 Å². The molecule has 1 aliphatic rings. The molecule has 5 rings (SSSR count). The van der Waals surface area contributed by atoms with Crippen molar-refractivity contribution < 1.29 is 0 Å². The van der Waals surface area contributed by atoms with Gasteiger partial charge in [-0.3, -0.25) is 9.67 Å². The predicted octanol–water partition coefficient (Wildman–Crippen LogP) is 2.84. The molecular formula is C20H24N8. The van der Waals surface area contributed by atoms with Crippen LogP contribution in [0.15, 0.2) is 36.9 Å². The lowest BCUT2D eigenvalue weighted by atomic mass is 9.94. The number of aromatic nitrogens is 6. The van der Waals surface area contributed by atoms with E-state index in [0.717, 1.165) is 46.6 Å². The Kier molecular flexibility index (Phi) is 4.40. The predicted molar refractivity (Wildman–Crippen MR) is 110 cm³/mol. The molecule has 8 heteroatoms. The lowest BCUT2D eigenvalue weighted by Gasteiger charge is -2.28. The zero-order valence-electron chi connectivity index (χ0n) is 16.0. The lowest BCUT2D eigenvalue weighted by molar-refractivity contribution is 0.215. The van der Waals surface area contributed by atoms with Gasteiger partial charge in [0.05, 0.1) is 17.9 Å². The van der Waals surface area contributed by atoms with Crippen molar-refractivity contribution in [1.29, 1.82) is 0 Å². The highest BCUT2D eigenvalue weighted by molar-refractivity contribution is 5.81. The number of piperidine rings is 1. The first-order valence-corrected chi connectivity index (χ1v) is 9.82. The van der Waals surface area contributed by atoms with Crippen LogP contribution in [-0.4, -0.2) is 61.3 Å². The Morgan fingerprint density at radius 2 is 2.07 bits per heavy atom.